The molecule has 6 heteroatoms. The van der Waals surface area contributed by atoms with Crippen molar-refractivity contribution in [2.75, 3.05) is 0 Å². The van der Waals surface area contributed by atoms with Gasteiger partial charge in [0.2, 0.25) is 0 Å². The molecule has 0 aliphatic heterocycles. The summed E-state index contributed by atoms with van der Waals surface area (Å²) in [5.74, 6) is -0.957. The molecular formula is C12H16N2O3S. The summed E-state index contributed by atoms with van der Waals surface area (Å²) < 4.78 is 1.66. The SMILES string of the molecule is CC(C)C(Sc1nccn(C2CC2)c1=O)C(=O)O. The van der Waals surface area contributed by atoms with Crippen LogP contribution in [0, 0.1) is 5.92 Å². The van der Waals surface area contributed by atoms with Gasteiger partial charge in [0.1, 0.15) is 5.25 Å². The summed E-state index contributed by atoms with van der Waals surface area (Å²) in [6.07, 6.45) is 5.28. The van der Waals surface area contributed by atoms with E-state index in [1.807, 2.05) is 13.8 Å². The van der Waals surface area contributed by atoms with E-state index >= 15 is 0 Å². The van der Waals surface area contributed by atoms with Gasteiger partial charge < -0.3 is 9.67 Å². The van der Waals surface area contributed by atoms with Gasteiger partial charge in [0, 0.05) is 18.4 Å². The standard InChI is InChI=1S/C12H16N2O3S/c1-7(2)9(12(16)17)18-10-11(15)14(6-5-13-10)8-3-4-8/h5-9H,3-4H2,1-2H3,(H,16,17). The van der Waals surface area contributed by atoms with E-state index in [1.54, 1.807) is 17.0 Å². The minimum atomic E-state index is -0.905. The van der Waals surface area contributed by atoms with Crippen molar-refractivity contribution in [1.29, 1.82) is 0 Å². The predicted octanol–water partition coefficient (Wildman–Crippen LogP) is 1.78. The van der Waals surface area contributed by atoms with Crippen LogP contribution in [0.4, 0.5) is 0 Å². The molecule has 1 atom stereocenters. The van der Waals surface area contributed by atoms with Crippen LogP contribution in [0.1, 0.15) is 32.7 Å². The van der Waals surface area contributed by atoms with E-state index < -0.39 is 11.2 Å². The molecule has 1 fully saturated rings. The van der Waals surface area contributed by atoms with E-state index in [9.17, 15) is 9.59 Å². The van der Waals surface area contributed by atoms with Crippen LogP contribution in [0.2, 0.25) is 0 Å². The maximum Gasteiger partial charge on any atom is 0.317 e. The van der Waals surface area contributed by atoms with Gasteiger partial charge in [-0.2, -0.15) is 0 Å². The van der Waals surface area contributed by atoms with Gasteiger partial charge in [-0.1, -0.05) is 25.6 Å². The van der Waals surface area contributed by atoms with Crippen molar-refractivity contribution in [3.8, 4) is 0 Å². The summed E-state index contributed by atoms with van der Waals surface area (Å²) in [5, 5.41) is 8.77. The molecule has 1 aromatic heterocycles. The first-order chi connectivity index (χ1) is 8.50. The summed E-state index contributed by atoms with van der Waals surface area (Å²) in [6, 6.07) is 0.280. The predicted molar refractivity (Wildman–Crippen MR) is 68.9 cm³/mol. The second kappa shape index (κ2) is 5.14. The number of aliphatic carboxylic acids is 1. The second-order valence-corrected chi connectivity index (χ2v) is 5.93. The third kappa shape index (κ3) is 2.75. The van der Waals surface area contributed by atoms with E-state index in [0.717, 1.165) is 24.6 Å². The van der Waals surface area contributed by atoms with Crippen LogP contribution >= 0.6 is 11.8 Å². The van der Waals surface area contributed by atoms with Gasteiger partial charge in [-0.15, -0.1) is 0 Å². The smallest absolute Gasteiger partial charge is 0.317 e. The highest BCUT2D eigenvalue weighted by atomic mass is 32.2. The molecule has 98 valence electrons. The number of carboxylic acids is 1. The molecule has 1 aromatic rings. The fourth-order valence-electron chi connectivity index (χ4n) is 1.72. The number of aromatic nitrogens is 2. The van der Waals surface area contributed by atoms with E-state index in [0.29, 0.717) is 0 Å². The second-order valence-electron chi connectivity index (χ2n) is 4.80. The number of hydrogen-bond donors (Lipinski definition) is 1. The summed E-state index contributed by atoms with van der Waals surface area (Å²) in [7, 11) is 0. The zero-order valence-corrected chi connectivity index (χ0v) is 11.2. The fourth-order valence-corrected chi connectivity index (χ4v) is 2.66. The molecule has 0 spiro atoms. The highest BCUT2D eigenvalue weighted by Crippen LogP contribution is 2.33. The largest absolute Gasteiger partial charge is 0.480 e. The molecule has 1 N–H and O–H groups in total. The van der Waals surface area contributed by atoms with Crippen LogP contribution in [0.3, 0.4) is 0 Å². The Hall–Kier alpha value is -1.30. The number of thioether (sulfide) groups is 1. The van der Waals surface area contributed by atoms with Crippen molar-refractivity contribution in [2.24, 2.45) is 5.92 Å². The summed E-state index contributed by atoms with van der Waals surface area (Å²) >= 11 is 1.05. The first-order valence-electron chi connectivity index (χ1n) is 5.97. The molecule has 1 heterocycles. The van der Waals surface area contributed by atoms with Gasteiger partial charge in [-0.05, 0) is 18.8 Å². The molecule has 0 bridgehead atoms. The molecule has 1 saturated carbocycles. The lowest BCUT2D eigenvalue weighted by atomic mass is 10.1. The maximum absolute atomic E-state index is 12.1. The van der Waals surface area contributed by atoms with Crippen molar-refractivity contribution in [3.05, 3.63) is 22.7 Å². The quantitative estimate of drug-likeness (QED) is 0.824. The van der Waals surface area contributed by atoms with Crippen molar-refractivity contribution in [3.63, 3.8) is 0 Å². The average Bonchev–Trinajstić information content (AvgIpc) is 3.10. The molecule has 2 rings (SSSR count). The Bertz CT molecular complexity index is 508. The van der Waals surface area contributed by atoms with Crippen molar-refractivity contribution in [1.82, 2.24) is 9.55 Å². The van der Waals surface area contributed by atoms with Crippen molar-refractivity contribution < 1.29 is 9.90 Å². The number of carbonyl (C=O) groups is 1. The van der Waals surface area contributed by atoms with Crippen LogP contribution < -0.4 is 5.56 Å². The lowest BCUT2D eigenvalue weighted by Crippen LogP contribution is -2.27. The van der Waals surface area contributed by atoms with Crippen LogP contribution in [0.25, 0.3) is 0 Å². The number of rotatable bonds is 5. The van der Waals surface area contributed by atoms with Gasteiger partial charge in [-0.25, -0.2) is 4.98 Å². The molecule has 18 heavy (non-hydrogen) atoms. The van der Waals surface area contributed by atoms with Crippen molar-refractivity contribution >= 4 is 17.7 Å². The van der Waals surface area contributed by atoms with Gasteiger partial charge in [0.15, 0.2) is 5.03 Å². The van der Waals surface area contributed by atoms with Gasteiger partial charge in [-0.3, -0.25) is 9.59 Å². The Kier molecular flexibility index (Phi) is 3.75. The lowest BCUT2D eigenvalue weighted by Gasteiger charge is -2.15. The molecule has 0 radical (unpaired) electrons. The van der Waals surface area contributed by atoms with Crippen molar-refractivity contribution in [2.45, 2.75) is 43.0 Å². The highest BCUT2D eigenvalue weighted by Gasteiger charge is 2.28. The minimum Gasteiger partial charge on any atom is -0.480 e. The van der Waals surface area contributed by atoms with E-state index in [4.69, 9.17) is 5.11 Å². The summed E-state index contributed by atoms with van der Waals surface area (Å²) in [5.41, 5.74) is -0.170. The Morgan fingerprint density at radius 1 is 1.56 bits per heavy atom. The van der Waals surface area contributed by atoms with E-state index in [-0.39, 0.29) is 22.5 Å². The number of carboxylic acid groups (broad SMARTS) is 1. The molecule has 1 aliphatic carbocycles. The van der Waals surface area contributed by atoms with Crippen LogP contribution in [-0.2, 0) is 4.79 Å². The van der Waals surface area contributed by atoms with Gasteiger partial charge >= 0.3 is 5.97 Å². The molecule has 0 amide bonds. The Morgan fingerprint density at radius 3 is 2.72 bits per heavy atom. The van der Waals surface area contributed by atoms with Crippen LogP contribution in [-0.4, -0.2) is 25.9 Å². The number of hydrogen-bond acceptors (Lipinski definition) is 4. The van der Waals surface area contributed by atoms with Crippen LogP contribution in [0.15, 0.2) is 22.2 Å². The summed E-state index contributed by atoms with van der Waals surface area (Å²) in [6.45, 7) is 3.66. The molecule has 1 unspecified atom stereocenters. The third-order valence-corrected chi connectivity index (χ3v) is 4.37. The zero-order valence-electron chi connectivity index (χ0n) is 10.4. The third-order valence-electron chi connectivity index (χ3n) is 2.86. The Balaban J connectivity index is 2.25. The molecule has 1 aliphatic rings. The molecular weight excluding hydrogens is 252 g/mol. The fraction of sp³-hybridized carbons (Fsp3) is 0.583. The maximum atomic E-state index is 12.1. The van der Waals surface area contributed by atoms with Gasteiger partial charge in [0.25, 0.3) is 5.56 Å². The first-order valence-corrected chi connectivity index (χ1v) is 6.85. The van der Waals surface area contributed by atoms with Crippen LogP contribution in [0.5, 0.6) is 0 Å². The lowest BCUT2D eigenvalue weighted by molar-refractivity contribution is -0.137. The molecule has 0 saturated heterocycles. The average molecular weight is 268 g/mol. The Morgan fingerprint density at radius 2 is 2.22 bits per heavy atom. The molecule has 0 aromatic carbocycles. The Labute approximate surface area is 109 Å². The van der Waals surface area contributed by atoms with Gasteiger partial charge in [0.05, 0.1) is 0 Å². The topological polar surface area (TPSA) is 72.2 Å². The monoisotopic (exact) mass is 268 g/mol. The first kappa shape index (κ1) is 13.1. The normalized spacial score (nSPS) is 16.8. The minimum absolute atomic E-state index is 0.0525. The van der Waals surface area contributed by atoms with E-state index in [2.05, 4.69) is 4.98 Å². The molecule has 5 nitrogen and oxygen atoms in total. The highest BCUT2D eigenvalue weighted by molar-refractivity contribution is 8.00. The van der Waals surface area contributed by atoms with E-state index in [1.165, 1.54) is 0 Å². The number of nitrogens with zero attached hydrogens (tertiary/aromatic N) is 2. The summed E-state index contributed by atoms with van der Waals surface area (Å²) in [4.78, 5) is 27.3. The zero-order chi connectivity index (χ0) is 13.3.